The van der Waals surface area contributed by atoms with E-state index in [1.54, 1.807) is 0 Å². The van der Waals surface area contributed by atoms with Crippen LogP contribution in [0.1, 0.15) is 37.4 Å². The zero-order valence-electron chi connectivity index (χ0n) is 10.6. The van der Waals surface area contributed by atoms with E-state index < -0.39 is 0 Å². The van der Waals surface area contributed by atoms with E-state index in [1.807, 2.05) is 18.9 Å². The van der Waals surface area contributed by atoms with Gasteiger partial charge in [-0.2, -0.15) is 5.10 Å². The monoisotopic (exact) mass is 233 g/mol. The number of carbonyl (C=O) groups excluding carboxylic acids is 1. The van der Waals surface area contributed by atoms with Gasteiger partial charge in [0.1, 0.15) is 5.82 Å². The molecule has 0 saturated heterocycles. The van der Waals surface area contributed by atoms with Gasteiger partial charge in [-0.15, -0.1) is 0 Å². The molecule has 92 valence electrons. The molecule has 1 aromatic heterocycles. The van der Waals surface area contributed by atoms with Gasteiger partial charge in [0.25, 0.3) is 0 Å². The maximum atomic E-state index is 12.2. The van der Waals surface area contributed by atoms with Gasteiger partial charge in [0.05, 0.1) is 5.69 Å². The van der Waals surface area contributed by atoms with E-state index in [4.69, 9.17) is 5.10 Å². The van der Waals surface area contributed by atoms with Crippen LogP contribution in [0, 0.1) is 5.92 Å². The van der Waals surface area contributed by atoms with Crippen molar-refractivity contribution < 1.29 is 4.79 Å². The number of rotatable bonds is 0. The molecule has 1 unspecified atom stereocenters. The first-order valence-electron chi connectivity index (χ1n) is 6.54. The maximum Gasteiger partial charge on any atom is 0.230 e. The molecule has 0 fully saturated rings. The second-order valence-corrected chi connectivity index (χ2v) is 5.27. The number of carbonyl (C=O) groups is 1. The highest BCUT2D eigenvalue weighted by atomic mass is 16.2. The highest BCUT2D eigenvalue weighted by molar-refractivity contribution is 5.94. The summed E-state index contributed by atoms with van der Waals surface area (Å²) in [5.41, 5.74) is 2.54. The summed E-state index contributed by atoms with van der Waals surface area (Å²) < 4.78 is 2.05. The predicted octanol–water partition coefficient (Wildman–Crippen LogP) is 1.76. The fraction of sp³-hybridized carbons (Fsp3) is 0.692. The SMILES string of the molecule is CC1CCn2nc3c(c2N(C)C1=O)CCCC3. The lowest BCUT2D eigenvalue weighted by Crippen LogP contribution is -2.31. The molecule has 3 rings (SSSR count). The van der Waals surface area contributed by atoms with Crippen molar-refractivity contribution in [3.05, 3.63) is 11.3 Å². The van der Waals surface area contributed by atoms with Crippen LogP contribution in [0.15, 0.2) is 0 Å². The first kappa shape index (κ1) is 10.8. The molecule has 1 amide bonds. The van der Waals surface area contributed by atoms with Crippen molar-refractivity contribution in [2.45, 2.75) is 45.6 Å². The van der Waals surface area contributed by atoms with Gasteiger partial charge in [-0.1, -0.05) is 6.92 Å². The van der Waals surface area contributed by atoms with Crippen LogP contribution >= 0.6 is 0 Å². The van der Waals surface area contributed by atoms with E-state index >= 15 is 0 Å². The highest BCUT2D eigenvalue weighted by Crippen LogP contribution is 2.33. The first-order chi connectivity index (χ1) is 8.18. The quantitative estimate of drug-likeness (QED) is 0.685. The van der Waals surface area contributed by atoms with E-state index in [-0.39, 0.29) is 11.8 Å². The minimum atomic E-state index is 0.112. The Morgan fingerprint density at radius 3 is 2.88 bits per heavy atom. The molecule has 2 aliphatic rings. The van der Waals surface area contributed by atoms with Gasteiger partial charge in [0.2, 0.25) is 5.91 Å². The summed E-state index contributed by atoms with van der Waals surface area (Å²) >= 11 is 0. The van der Waals surface area contributed by atoms with Crippen LogP contribution in [0.2, 0.25) is 0 Å². The average Bonchev–Trinajstić information content (AvgIpc) is 2.67. The Bertz CT molecular complexity index is 463. The largest absolute Gasteiger partial charge is 0.300 e. The van der Waals surface area contributed by atoms with E-state index in [0.717, 1.165) is 31.6 Å². The zero-order chi connectivity index (χ0) is 12.0. The van der Waals surface area contributed by atoms with E-state index in [2.05, 4.69) is 4.68 Å². The molecule has 0 radical (unpaired) electrons. The van der Waals surface area contributed by atoms with Crippen LogP contribution in [0.5, 0.6) is 0 Å². The van der Waals surface area contributed by atoms with Gasteiger partial charge in [-0.05, 0) is 32.1 Å². The van der Waals surface area contributed by atoms with Gasteiger partial charge in [-0.3, -0.25) is 9.69 Å². The van der Waals surface area contributed by atoms with Gasteiger partial charge < -0.3 is 0 Å². The van der Waals surface area contributed by atoms with Crippen molar-refractivity contribution in [2.75, 3.05) is 11.9 Å². The second kappa shape index (κ2) is 3.86. The molecule has 17 heavy (non-hydrogen) atoms. The van der Waals surface area contributed by atoms with Gasteiger partial charge in [0.15, 0.2) is 0 Å². The molecule has 0 aromatic carbocycles. The van der Waals surface area contributed by atoms with E-state index in [1.165, 1.54) is 24.1 Å². The van der Waals surface area contributed by atoms with Crippen molar-refractivity contribution in [1.29, 1.82) is 0 Å². The third-order valence-corrected chi connectivity index (χ3v) is 4.04. The molecule has 1 atom stereocenters. The summed E-state index contributed by atoms with van der Waals surface area (Å²) in [7, 11) is 1.90. The lowest BCUT2D eigenvalue weighted by molar-refractivity contribution is -0.121. The van der Waals surface area contributed by atoms with Crippen molar-refractivity contribution in [3.63, 3.8) is 0 Å². The topological polar surface area (TPSA) is 38.1 Å². The molecular formula is C13H19N3O. The van der Waals surface area contributed by atoms with Gasteiger partial charge in [-0.25, -0.2) is 4.68 Å². The number of nitrogens with zero attached hydrogens (tertiary/aromatic N) is 3. The van der Waals surface area contributed by atoms with E-state index in [9.17, 15) is 4.79 Å². The van der Waals surface area contributed by atoms with Crippen molar-refractivity contribution in [3.8, 4) is 0 Å². The average molecular weight is 233 g/mol. The number of hydrogen-bond acceptors (Lipinski definition) is 2. The van der Waals surface area contributed by atoms with E-state index in [0.29, 0.717) is 0 Å². The molecule has 0 bridgehead atoms. The molecule has 1 aliphatic heterocycles. The summed E-state index contributed by atoms with van der Waals surface area (Å²) in [4.78, 5) is 14.0. The predicted molar refractivity (Wildman–Crippen MR) is 66.1 cm³/mol. The smallest absolute Gasteiger partial charge is 0.230 e. The molecule has 2 heterocycles. The molecular weight excluding hydrogens is 214 g/mol. The third-order valence-electron chi connectivity index (χ3n) is 4.04. The summed E-state index contributed by atoms with van der Waals surface area (Å²) in [6, 6.07) is 0. The Hall–Kier alpha value is -1.32. The lowest BCUT2D eigenvalue weighted by atomic mass is 9.97. The Kier molecular flexibility index (Phi) is 2.45. The molecule has 0 N–H and O–H groups in total. The number of fused-ring (bicyclic) bond motifs is 3. The van der Waals surface area contributed by atoms with Crippen LogP contribution in [0.25, 0.3) is 0 Å². The number of aromatic nitrogens is 2. The minimum Gasteiger partial charge on any atom is -0.300 e. The number of hydrogen-bond donors (Lipinski definition) is 0. The molecule has 4 heteroatoms. The van der Waals surface area contributed by atoms with Crippen LogP contribution < -0.4 is 4.90 Å². The molecule has 1 aliphatic carbocycles. The zero-order valence-corrected chi connectivity index (χ0v) is 10.6. The Morgan fingerprint density at radius 2 is 2.06 bits per heavy atom. The standard InChI is InChI=1S/C13H19N3O/c1-9-7-8-16-12(15(2)13(9)17)10-5-3-4-6-11(10)14-16/h9H,3-8H2,1-2H3. The molecule has 1 aromatic rings. The molecule has 0 saturated carbocycles. The second-order valence-electron chi connectivity index (χ2n) is 5.27. The molecule has 0 spiro atoms. The minimum absolute atomic E-state index is 0.112. The Labute approximate surface area is 102 Å². The highest BCUT2D eigenvalue weighted by Gasteiger charge is 2.30. The number of aryl methyl sites for hydroxylation is 2. The van der Waals surface area contributed by atoms with Crippen molar-refractivity contribution >= 4 is 11.7 Å². The van der Waals surface area contributed by atoms with Crippen LogP contribution in [0.3, 0.4) is 0 Å². The summed E-state index contributed by atoms with van der Waals surface area (Å²) in [6.07, 6.45) is 5.51. The third kappa shape index (κ3) is 1.58. The fourth-order valence-corrected chi connectivity index (χ4v) is 3.00. The summed E-state index contributed by atoms with van der Waals surface area (Å²) in [6.45, 7) is 2.89. The van der Waals surface area contributed by atoms with Crippen molar-refractivity contribution in [2.24, 2.45) is 5.92 Å². The Morgan fingerprint density at radius 1 is 1.29 bits per heavy atom. The normalized spacial score (nSPS) is 24.2. The Balaban J connectivity index is 2.09. The fourth-order valence-electron chi connectivity index (χ4n) is 3.00. The number of anilines is 1. The summed E-state index contributed by atoms with van der Waals surface area (Å²) in [5.74, 6) is 1.41. The molecule has 4 nitrogen and oxygen atoms in total. The van der Waals surface area contributed by atoms with Gasteiger partial charge >= 0.3 is 0 Å². The summed E-state index contributed by atoms with van der Waals surface area (Å²) in [5, 5.41) is 4.69. The van der Waals surface area contributed by atoms with Gasteiger partial charge in [0, 0.05) is 25.1 Å². The van der Waals surface area contributed by atoms with Crippen LogP contribution in [-0.4, -0.2) is 22.7 Å². The van der Waals surface area contributed by atoms with Crippen molar-refractivity contribution in [1.82, 2.24) is 9.78 Å². The van der Waals surface area contributed by atoms with Crippen LogP contribution in [0.4, 0.5) is 5.82 Å². The maximum absolute atomic E-state index is 12.2. The lowest BCUT2D eigenvalue weighted by Gasteiger charge is -2.20. The number of amides is 1. The first-order valence-corrected chi connectivity index (χ1v) is 6.54. The van der Waals surface area contributed by atoms with Crippen LogP contribution in [-0.2, 0) is 24.2 Å².